The van der Waals surface area contributed by atoms with Gasteiger partial charge in [-0.15, -0.1) is 0 Å². The topological polar surface area (TPSA) is 68.1 Å². The van der Waals surface area contributed by atoms with Gasteiger partial charge in [0.25, 0.3) is 0 Å². The van der Waals surface area contributed by atoms with Gasteiger partial charge in [0.2, 0.25) is 0 Å². The number of ether oxygens (including phenoxy) is 1. The third kappa shape index (κ3) is 2.70. The van der Waals surface area contributed by atoms with Gasteiger partial charge in [-0.25, -0.2) is 4.79 Å². The van der Waals surface area contributed by atoms with Crippen LogP contribution in [0.4, 0.5) is 0 Å². The Morgan fingerprint density at radius 3 is 2.67 bits per heavy atom. The van der Waals surface area contributed by atoms with Crippen LogP contribution in [-0.4, -0.2) is 31.0 Å². The number of aliphatic carboxylic acids is 1. The average Bonchev–Trinajstić information content (AvgIpc) is 2.25. The summed E-state index contributed by atoms with van der Waals surface area (Å²) < 4.78 is 4.97. The van der Waals surface area contributed by atoms with Gasteiger partial charge in [0.15, 0.2) is 5.71 Å². The third-order valence-corrected chi connectivity index (χ3v) is 1.73. The van der Waals surface area contributed by atoms with Gasteiger partial charge in [0.05, 0.1) is 7.11 Å². The molecule has 1 aromatic carbocycles. The fourth-order valence-electron chi connectivity index (χ4n) is 1.08. The molecule has 0 radical (unpaired) electrons. The first-order valence-corrected chi connectivity index (χ1v) is 4.18. The predicted molar refractivity (Wildman–Crippen MR) is 54.2 cm³/mol. The maximum Gasteiger partial charge on any atom is 0.358 e. The third-order valence-electron chi connectivity index (χ3n) is 1.73. The summed E-state index contributed by atoms with van der Waals surface area (Å²) in [6, 6.07) is 6.60. The molecule has 80 valence electrons. The highest BCUT2D eigenvalue weighted by Gasteiger charge is 2.13. The van der Waals surface area contributed by atoms with Crippen molar-refractivity contribution in [2.45, 2.75) is 0 Å². The van der Waals surface area contributed by atoms with Crippen molar-refractivity contribution in [2.24, 2.45) is 5.16 Å². The van der Waals surface area contributed by atoms with Crippen molar-refractivity contribution in [1.82, 2.24) is 0 Å². The number of oxime groups is 1. The van der Waals surface area contributed by atoms with Crippen LogP contribution >= 0.6 is 0 Å². The minimum atomic E-state index is -1.15. The van der Waals surface area contributed by atoms with E-state index in [4.69, 9.17) is 9.84 Å². The summed E-state index contributed by atoms with van der Waals surface area (Å²) in [5, 5.41) is 12.3. The second kappa shape index (κ2) is 4.99. The van der Waals surface area contributed by atoms with E-state index in [0.29, 0.717) is 11.3 Å². The summed E-state index contributed by atoms with van der Waals surface area (Å²) in [5.41, 5.74) is 0.278. The van der Waals surface area contributed by atoms with E-state index in [2.05, 4.69) is 9.99 Å². The zero-order valence-electron chi connectivity index (χ0n) is 8.43. The lowest BCUT2D eigenvalue weighted by Crippen LogP contribution is -2.14. The van der Waals surface area contributed by atoms with Crippen molar-refractivity contribution >= 4 is 11.7 Å². The Bertz CT molecular complexity index is 387. The van der Waals surface area contributed by atoms with Crippen LogP contribution in [0.2, 0.25) is 0 Å². The number of rotatable bonds is 4. The van der Waals surface area contributed by atoms with Gasteiger partial charge in [0, 0.05) is 5.56 Å². The summed E-state index contributed by atoms with van der Waals surface area (Å²) in [4.78, 5) is 15.3. The van der Waals surface area contributed by atoms with E-state index in [0.717, 1.165) is 0 Å². The van der Waals surface area contributed by atoms with Crippen LogP contribution in [0.5, 0.6) is 5.75 Å². The molecule has 0 atom stereocenters. The fraction of sp³-hybridized carbons (Fsp3) is 0.200. The molecule has 15 heavy (non-hydrogen) atoms. The Morgan fingerprint density at radius 1 is 1.40 bits per heavy atom. The lowest BCUT2D eigenvalue weighted by molar-refractivity contribution is -0.129. The zero-order chi connectivity index (χ0) is 11.3. The normalized spacial score (nSPS) is 10.9. The molecule has 0 fully saturated rings. The van der Waals surface area contributed by atoms with Crippen molar-refractivity contribution < 1.29 is 19.5 Å². The van der Waals surface area contributed by atoms with Gasteiger partial charge in [-0.2, -0.15) is 0 Å². The van der Waals surface area contributed by atoms with Crippen molar-refractivity contribution in [3.63, 3.8) is 0 Å². The molecule has 0 aliphatic heterocycles. The smallest absolute Gasteiger partial charge is 0.358 e. The number of hydrogen-bond acceptors (Lipinski definition) is 4. The van der Waals surface area contributed by atoms with Crippen LogP contribution in [-0.2, 0) is 9.63 Å². The highest BCUT2D eigenvalue weighted by Crippen LogP contribution is 2.13. The first-order chi connectivity index (χ1) is 7.19. The van der Waals surface area contributed by atoms with E-state index >= 15 is 0 Å². The van der Waals surface area contributed by atoms with E-state index < -0.39 is 5.97 Å². The molecule has 0 aromatic heterocycles. The second-order valence-electron chi connectivity index (χ2n) is 2.66. The molecule has 0 amide bonds. The monoisotopic (exact) mass is 209 g/mol. The quantitative estimate of drug-likeness (QED) is 0.596. The molecule has 1 rings (SSSR count). The molecule has 0 aliphatic rings. The Kier molecular flexibility index (Phi) is 3.68. The SMILES string of the molecule is CO/N=C(/C(=O)O)c1cccc(OC)c1. The van der Waals surface area contributed by atoms with Crippen LogP contribution in [0.15, 0.2) is 29.4 Å². The minimum absolute atomic E-state index is 0.156. The number of carboxylic acids is 1. The Morgan fingerprint density at radius 2 is 2.13 bits per heavy atom. The molecule has 0 saturated heterocycles. The summed E-state index contributed by atoms with van der Waals surface area (Å²) in [5.74, 6) is -0.581. The largest absolute Gasteiger partial charge is 0.497 e. The van der Waals surface area contributed by atoms with E-state index in [1.165, 1.54) is 14.2 Å². The van der Waals surface area contributed by atoms with E-state index in [-0.39, 0.29) is 5.71 Å². The highest BCUT2D eigenvalue weighted by molar-refractivity contribution is 6.42. The van der Waals surface area contributed by atoms with Crippen molar-refractivity contribution in [1.29, 1.82) is 0 Å². The van der Waals surface area contributed by atoms with Gasteiger partial charge in [0.1, 0.15) is 12.9 Å². The van der Waals surface area contributed by atoms with Crippen molar-refractivity contribution in [3.8, 4) is 5.75 Å². The van der Waals surface area contributed by atoms with Gasteiger partial charge < -0.3 is 14.7 Å². The summed E-state index contributed by atoms with van der Waals surface area (Å²) in [6.45, 7) is 0. The molecule has 5 nitrogen and oxygen atoms in total. The molecule has 1 aromatic rings. The summed E-state index contributed by atoms with van der Waals surface area (Å²) >= 11 is 0. The summed E-state index contributed by atoms with van der Waals surface area (Å²) in [7, 11) is 2.80. The van der Waals surface area contributed by atoms with E-state index in [1.54, 1.807) is 24.3 Å². The van der Waals surface area contributed by atoms with E-state index in [9.17, 15) is 4.79 Å². The minimum Gasteiger partial charge on any atom is -0.497 e. The predicted octanol–water partition coefficient (Wildman–Crippen LogP) is 1.13. The average molecular weight is 209 g/mol. The Labute approximate surface area is 86.9 Å². The molecule has 0 heterocycles. The molecule has 0 unspecified atom stereocenters. The van der Waals surface area contributed by atoms with Crippen LogP contribution in [0.1, 0.15) is 5.56 Å². The zero-order valence-corrected chi connectivity index (χ0v) is 8.43. The van der Waals surface area contributed by atoms with Crippen LogP contribution in [0.25, 0.3) is 0 Å². The Balaban J connectivity index is 3.11. The number of carbonyl (C=O) groups is 1. The van der Waals surface area contributed by atoms with E-state index in [1.807, 2.05) is 0 Å². The van der Waals surface area contributed by atoms with Gasteiger partial charge in [-0.1, -0.05) is 17.3 Å². The highest BCUT2D eigenvalue weighted by atomic mass is 16.6. The fourth-order valence-corrected chi connectivity index (χ4v) is 1.08. The molecule has 0 aliphatic carbocycles. The lowest BCUT2D eigenvalue weighted by Gasteiger charge is -2.03. The van der Waals surface area contributed by atoms with Gasteiger partial charge in [-0.3, -0.25) is 0 Å². The molecule has 0 spiro atoms. The Hall–Kier alpha value is -2.04. The molecule has 1 N–H and O–H groups in total. The van der Waals surface area contributed by atoms with Crippen LogP contribution in [0, 0.1) is 0 Å². The molecular weight excluding hydrogens is 198 g/mol. The number of methoxy groups -OCH3 is 1. The molecular formula is C10H11NO4. The van der Waals surface area contributed by atoms with Crippen molar-refractivity contribution in [3.05, 3.63) is 29.8 Å². The van der Waals surface area contributed by atoms with Crippen molar-refractivity contribution in [2.75, 3.05) is 14.2 Å². The lowest BCUT2D eigenvalue weighted by atomic mass is 10.1. The first kappa shape index (κ1) is 11.0. The van der Waals surface area contributed by atoms with Gasteiger partial charge >= 0.3 is 5.97 Å². The molecule has 5 heteroatoms. The maximum absolute atomic E-state index is 10.8. The number of hydrogen-bond donors (Lipinski definition) is 1. The molecule has 0 bridgehead atoms. The summed E-state index contributed by atoms with van der Waals surface area (Å²) in [6.07, 6.45) is 0. The van der Waals surface area contributed by atoms with Crippen LogP contribution < -0.4 is 4.74 Å². The number of nitrogens with zero attached hydrogens (tertiary/aromatic N) is 1. The number of carboxylic acid groups (broad SMARTS) is 1. The second-order valence-corrected chi connectivity index (χ2v) is 2.66. The molecule has 0 saturated carbocycles. The standard InChI is InChI=1S/C10H11NO4/c1-14-8-5-3-4-7(6-8)9(10(12)13)11-15-2/h3-6H,1-2H3,(H,12,13)/b11-9+. The van der Waals surface area contributed by atoms with Crippen LogP contribution in [0.3, 0.4) is 0 Å². The number of benzene rings is 1. The van der Waals surface area contributed by atoms with Gasteiger partial charge in [-0.05, 0) is 12.1 Å². The first-order valence-electron chi connectivity index (χ1n) is 4.18. The maximum atomic E-state index is 10.8.